The second-order valence-corrected chi connectivity index (χ2v) is 6.54. The maximum absolute atomic E-state index is 12.9. The minimum absolute atomic E-state index is 0.176. The van der Waals surface area contributed by atoms with Crippen LogP contribution < -0.4 is 4.74 Å². The van der Waals surface area contributed by atoms with Gasteiger partial charge >= 0.3 is 0 Å². The third-order valence-electron chi connectivity index (χ3n) is 4.90. The topological polar surface area (TPSA) is 29.5 Å². The zero-order valence-corrected chi connectivity index (χ0v) is 14.4. The molecule has 1 amide bonds. The molecule has 3 heteroatoms. The molecule has 0 aromatic heterocycles. The first-order chi connectivity index (χ1) is 11.7. The third kappa shape index (κ3) is 3.61. The van der Waals surface area contributed by atoms with E-state index in [9.17, 15) is 4.79 Å². The van der Waals surface area contributed by atoms with E-state index in [0.29, 0.717) is 6.42 Å². The summed E-state index contributed by atoms with van der Waals surface area (Å²) in [7, 11) is 1.68. The van der Waals surface area contributed by atoms with Crippen LogP contribution in [-0.4, -0.2) is 24.5 Å². The molecule has 0 bridgehead atoms. The normalized spacial score (nSPS) is 18.4. The Morgan fingerprint density at radius 3 is 2.75 bits per heavy atom. The van der Waals surface area contributed by atoms with Gasteiger partial charge in [-0.15, -0.1) is 0 Å². The number of benzene rings is 2. The van der Waals surface area contributed by atoms with Crippen molar-refractivity contribution in [1.82, 2.24) is 4.90 Å². The van der Waals surface area contributed by atoms with Gasteiger partial charge in [0.2, 0.25) is 5.91 Å². The number of hydrogen-bond donors (Lipinski definition) is 0. The van der Waals surface area contributed by atoms with Crippen LogP contribution in [0.4, 0.5) is 0 Å². The molecule has 24 heavy (non-hydrogen) atoms. The fraction of sp³-hybridized carbons (Fsp3) is 0.381. The summed E-state index contributed by atoms with van der Waals surface area (Å²) in [5, 5.41) is 0. The Bertz CT molecular complexity index is 683. The molecule has 1 saturated heterocycles. The lowest BCUT2D eigenvalue weighted by molar-refractivity contribution is -0.132. The molecule has 3 nitrogen and oxygen atoms in total. The Balaban J connectivity index is 1.71. The molecule has 0 radical (unpaired) electrons. The van der Waals surface area contributed by atoms with Gasteiger partial charge in [0.1, 0.15) is 5.75 Å². The summed E-state index contributed by atoms with van der Waals surface area (Å²) in [5.41, 5.74) is 2.40. The Labute approximate surface area is 144 Å². The van der Waals surface area contributed by atoms with Gasteiger partial charge in [-0.2, -0.15) is 0 Å². The van der Waals surface area contributed by atoms with Gasteiger partial charge < -0.3 is 9.64 Å². The Kier molecular flexibility index (Phi) is 5.19. The van der Waals surface area contributed by atoms with E-state index in [2.05, 4.69) is 31.2 Å². The quantitative estimate of drug-likeness (QED) is 0.807. The van der Waals surface area contributed by atoms with Crippen molar-refractivity contribution in [2.24, 2.45) is 0 Å². The van der Waals surface area contributed by atoms with E-state index >= 15 is 0 Å². The SMILES string of the molecule is COc1cccc(C2CCCN2C(=O)CC(C)c2ccccc2)c1. The van der Waals surface area contributed by atoms with Crippen LogP contribution in [0.15, 0.2) is 54.6 Å². The van der Waals surface area contributed by atoms with E-state index in [1.54, 1.807) is 7.11 Å². The number of carbonyl (C=O) groups excluding carboxylic acids is 1. The smallest absolute Gasteiger partial charge is 0.223 e. The van der Waals surface area contributed by atoms with E-state index in [1.165, 1.54) is 11.1 Å². The summed E-state index contributed by atoms with van der Waals surface area (Å²) in [6.45, 7) is 2.98. The van der Waals surface area contributed by atoms with Crippen molar-refractivity contribution in [2.75, 3.05) is 13.7 Å². The number of hydrogen-bond acceptors (Lipinski definition) is 2. The van der Waals surface area contributed by atoms with Gasteiger partial charge in [0.25, 0.3) is 0 Å². The molecule has 1 aliphatic heterocycles. The van der Waals surface area contributed by atoms with Crippen LogP contribution in [0.25, 0.3) is 0 Å². The van der Waals surface area contributed by atoms with Gasteiger partial charge in [0.05, 0.1) is 13.2 Å². The summed E-state index contributed by atoms with van der Waals surface area (Å²) in [5.74, 6) is 1.34. The number of amides is 1. The highest BCUT2D eigenvalue weighted by Gasteiger charge is 2.30. The predicted octanol–water partition coefficient (Wildman–Crippen LogP) is 4.55. The zero-order valence-electron chi connectivity index (χ0n) is 14.4. The fourth-order valence-electron chi connectivity index (χ4n) is 3.54. The molecular weight excluding hydrogens is 298 g/mol. The standard InChI is InChI=1S/C21H25NO2/c1-16(17-8-4-3-5-9-17)14-21(23)22-13-7-12-20(22)18-10-6-11-19(15-18)24-2/h3-6,8-11,15-16,20H,7,12-14H2,1-2H3. The van der Waals surface area contributed by atoms with Gasteiger partial charge in [0.15, 0.2) is 0 Å². The highest BCUT2D eigenvalue weighted by molar-refractivity contribution is 5.78. The van der Waals surface area contributed by atoms with Crippen LogP contribution in [-0.2, 0) is 4.79 Å². The van der Waals surface area contributed by atoms with Crippen molar-refractivity contribution >= 4 is 5.91 Å². The zero-order chi connectivity index (χ0) is 16.9. The summed E-state index contributed by atoms with van der Waals surface area (Å²) < 4.78 is 5.33. The Hall–Kier alpha value is -2.29. The Morgan fingerprint density at radius 2 is 2.00 bits per heavy atom. The van der Waals surface area contributed by atoms with E-state index < -0.39 is 0 Å². The van der Waals surface area contributed by atoms with Gasteiger partial charge in [-0.05, 0) is 42.0 Å². The molecule has 0 spiro atoms. The maximum atomic E-state index is 12.9. The number of methoxy groups -OCH3 is 1. The van der Waals surface area contributed by atoms with Gasteiger partial charge in [-0.1, -0.05) is 49.4 Å². The molecule has 2 unspecified atom stereocenters. The molecule has 0 aliphatic carbocycles. The molecule has 2 aromatic carbocycles. The third-order valence-corrected chi connectivity index (χ3v) is 4.90. The van der Waals surface area contributed by atoms with Gasteiger partial charge in [-0.3, -0.25) is 4.79 Å². The highest BCUT2D eigenvalue weighted by atomic mass is 16.5. The molecule has 1 aliphatic rings. The number of nitrogens with zero attached hydrogens (tertiary/aromatic N) is 1. The number of carbonyl (C=O) groups is 1. The van der Waals surface area contributed by atoms with Crippen LogP contribution >= 0.6 is 0 Å². The second kappa shape index (κ2) is 7.52. The minimum atomic E-state index is 0.176. The summed E-state index contributed by atoms with van der Waals surface area (Å²) in [4.78, 5) is 14.9. The number of ether oxygens (including phenoxy) is 1. The molecule has 2 atom stereocenters. The van der Waals surface area contributed by atoms with Crippen molar-refractivity contribution in [3.63, 3.8) is 0 Å². The van der Waals surface area contributed by atoms with E-state index in [4.69, 9.17) is 4.74 Å². The summed E-state index contributed by atoms with van der Waals surface area (Å²) in [6, 6.07) is 18.5. The molecular formula is C21H25NO2. The van der Waals surface area contributed by atoms with Crippen molar-refractivity contribution in [3.05, 3.63) is 65.7 Å². The molecule has 2 aromatic rings. The molecule has 0 saturated carbocycles. The van der Waals surface area contributed by atoms with E-state index in [0.717, 1.165) is 25.1 Å². The average molecular weight is 323 g/mol. The van der Waals surface area contributed by atoms with Gasteiger partial charge in [0, 0.05) is 13.0 Å². The maximum Gasteiger partial charge on any atom is 0.223 e. The first kappa shape index (κ1) is 16.6. The fourth-order valence-corrected chi connectivity index (χ4v) is 3.54. The van der Waals surface area contributed by atoms with Crippen LogP contribution in [0.1, 0.15) is 49.3 Å². The van der Waals surface area contributed by atoms with Crippen molar-refractivity contribution in [2.45, 2.75) is 38.1 Å². The molecule has 0 N–H and O–H groups in total. The van der Waals surface area contributed by atoms with Crippen molar-refractivity contribution < 1.29 is 9.53 Å². The van der Waals surface area contributed by atoms with Crippen LogP contribution in [0.2, 0.25) is 0 Å². The lowest BCUT2D eigenvalue weighted by Crippen LogP contribution is -2.31. The molecule has 3 rings (SSSR count). The monoisotopic (exact) mass is 323 g/mol. The average Bonchev–Trinajstić information content (AvgIpc) is 3.12. The summed E-state index contributed by atoms with van der Waals surface area (Å²) >= 11 is 0. The minimum Gasteiger partial charge on any atom is -0.497 e. The van der Waals surface area contributed by atoms with Crippen LogP contribution in [0, 0.1) is 0 Å². The molecule has 1 fully saturated rings. The molecule has 126 valence electrons. The number of likely N-dealkylation sites (tertiary alicyclic amines) is 1. The van der Waals surface area contributed by atoms with E-state index in [-0.39, 0.29) is 17.9 Å². The van der Waals surface area contributed by atoms with Gasteiger partial charge in [-0.25, -0.2) is 0 Å². The van der Waals surface area contributed by atoms with E-state index in [1.807, 2.05) is 35.2 Å². The summed E-state index contributed by atoms with van der Waals surface area (Å²) in [6.07, 6.45) is 2.65. The first-order valence-electron chi connectivity index (χ1n) is 8.67. The lowest BCUT2D eigenvalue weighted by Gasteiger charge is -2.27. The highest BCUT2D eigenvalue weighted by Crippen LogP contribution is 2.35. The van der Waals surface area contributed by atoms with Crippen molar-refractivity contribution in [1.29, 1.82) is 0 Å². The van der Waals surface area contributed by atoms with Crippen LogP contribution in [0.5, 0.6) is 5.75 Å². The lowest BCUT2D eigenvalue weighted by atomic mass is 9.96. The van der Waals surface area contributed by atoms with Crippen LogP contribution in [0.3, 0.4) is 0 Å². The molecule has 1 heterocycles. The second-order valence-electron chi connectivity index (χ2n) is 6.54. The van der Waals surface area contributed by atoms with Crippen molar-refractivity contribution in [3.8, 4) is 5.75 Å². The first-order valence-corrected chi connectivity index (χ1v) is 8.67. The predicted molar refractivity (Wildman–Crippen MR) is 96.2 cm³/mol. The largest absolute Gasteiger partial charge is 0.497 e. The Morgan fingerprint density at radius 1 is 1.21 bits per heavy atom. The number of rotatable bonds is 5.